The van der Waals surface area contributed by atoms with Crippen LogP contribution >= 0.6 is 0 Å². The molecule has 1 aliphatic heterocycles. The summed E-state index contributed by atoms with van der Waals surface area (Å²) >= 11 is 0. The molecule has 1 aromatic carbocycles. The summed E-state index contributed by atoms with van der Waals surface area (Å²) in [4.78, 5) is 0. The van der Waals surface area contributed by atoms with E-state index in [9.17, 15) is 0 Å². The molecule has 0 spiro atoms. The van der Waals surface area contributed by atoms with E-state index in [1.165, 1.54) is 23.7 Å². The Balaban J connectivity index is 1.81. The lowest BCUT2D eigenvalue weighted by molar-refractivity contribution is 0.267. The van der Waals surface area contributed by atoms with Gasteiger partial charge in [0, 0.05) is 25.9 Å². The zero-order valence-electron chi connectivity index (χ0n) is 14.4. The van der Waals surface area contributed by atoms with E-state index in [-0.39, 0.29) is 5.66 Å². The van der Waals surface area contributed by atoms with Crippen molar-refractivity contribution in [2.45, 2.75) is 63.3 Å². The van der Waals surface area contributed by atoms with Gasteiger partial charge < -0.3 is 4.43 Å². The van der Waals surface area contributed by atoms with Gasteiger partial charge in [-0.2, -0.15) is 10.2 Å². The van der Waals surface area contributed by atoms with Crippen molar-refractivity contribution >= 4 is 8.32 Å². The minimum Gasteiger partial charge on any atom is -0.417 e. The van der Waals surface area contributed by atoms with Gasteiger partial charge in [0.1, 0.15) is 0 Å². The fourth-order valence-electron chi connectivity index (χ4n) is 3.00. The summed E-state index contributed by atoms with van der Waals surface area (Å²) in [6.07, 6.45) is 8.95. The van der Waals surface area contributed by atoms with Gasteiger partial charge in [0.05, 0.1) is 0 Å². The maximum absolute atomic E-state index is 6.47. The van der Waals surface area contributed by atoms with Crippen LogP contribution in [-0.4, -0.2) is 20.6 Å². The van der Waals surface area contributed by atoms with Gasteiger partial charge in [0.25, 0.3) is 0 Å². The molecule has 1 aliphatic rings. The standard InChI is InChI=1S/C19H28N2OSi/c1-4-7-14-19(20-21-19)15-16-22-23(5-2,6-3)17-13-18-11-9-8-10-12-18/h1,8-12H,5-7,13-17H2,2-3H3. The monoisotopic (exact) mass is 328 g/mol. The summed E-state index contributed by atoms with van der Waals surface area (Å²) < 4.78 is 6.47. The normalized spacial score (nSPS) is 15.3. The number of aryl methyl sites for hydroxylation is 1. The molecule has 0 radical (unpaired) electrons. The zero-order valence-corrected chi connectivity index (χ0v) is 15.4. The van der Waals surface area contributed by atoms with E-state index in [0.29, 0.717) is 0 Å². The van der Waals surface area contributed by atoms with Crippen LogP contribution in [0.25, 0.3) is 0 Å². The van der Waals surface area contributed by atoms with Gasteiger partial charge in [-0.15, -0.1) is 12.3 Å². The van der Waals surface area contributed by atoms with Crippen molar-refractivity contribution in [3.63, 3.8) is 0 Å². The van der Waals surface area contributed by atoms with E-state index < -0.39 is 8.32 Å². The second-order valence-corrected chi connectivity index (χ2v) is 10.9. The molecule has 0 amide bonds. The van der Waals surface area contributed by atoms with Crippen LogP contribution in [0.3, 0.4) is 0 Å². The third-order valence-electron chi connectivity index (χ3n) is 4.96. The molecule has 23 heavy (non-hydrogen) atoms. The molecule has 124 valence electrons. The van der Waals surface area contributed by atoms with Gasteiger partial charge in [-0.05, 0) is 30.1 Å². The van der Waals surface area contributed by atoms with Gasteiger partial charge in [-0.3, -0.25) is 0 Å². The Kier molecular flexibility index (Phi) is 6.55. The first-order valence-electron chi connectivity index (χ1n) is 8.73. The van der Waals surface area contributed by atoms with Crippen molar-refractivity contribution in [2.75, 3.05) is 6.61 Å². The second kappa shape index (κ2) is 8.42. The molecular formula is C19H28N2OSi. The number of hydrogen-bond donors (Lipinski definition) is 0. The van der Waals surface area contributed by atoms with E-state index in [2.05, 4.69) is 60.3 Å². The van der Waals surface area contributed by atoms with Crippen LogP contribution < -0.4 is 0 Å². The van der Waals surface area contributed by atoms with Crippen LogP contribution in [-0.2, 0) is 10.8 Å². The molecule has 0 N–H and O–H groups in total. The highest BCUT2D eigenvalue weighted by atomic mass is 28.4. The lowest BCUT2D eigenvalue weighted by Gasteiger charge is -2.30. The first-order valence-corrected chi connectivity index (χ1v) is 11.3. The molecule has 0 atom stereocenters. The SMILES string of the molecule is C#CCCC1(CCO[Si](CC)(CC)CCc2ccccc2)N=N1. The lowest BCUT2D eigenvalue weighted by Crippen LogP contribution is -2.38. The fourth-order valence-corrected chi connectivity index (χ4v) is 6.03. The summed E-state index contributed by atoms with van der Waals surface area (Å²) in [6, 6.07) is 14.2. The molecule has 0 aromatic heterocycles. The quantitative estimate of drug-likeness (QED) is 0.406. The van der Waals surface area contributed by atoms with E-state index in [0.717, 1.165) is 32.3 Å². The highest BCUT2D eigenvalue weighted by molar-refractivity contribution is 6.73. The van der Waals surface area contributed by atoms with Crippen molar-refractivity contribution in [3.05, 3.63) is 35.9 Å². The summed E-state index contributed by atoms with van der Waals surface area (Å²) in [6.45, 7) is 5.32. The zero-order chi connectivity index (χ0) is 16.6. The molecule has 0 unspecified atom stereocenters. The molecule has 2 rings (SSSR count). The van der Waals surface area contributed by atoms with Crippen LogP contribution in [0.5, 0.6) is 0 Å². The molecule has 0 bridgehead atoms. The number of hydrogen-bond acceptors (Lipinski definition) is 3. The van der Waals surface area contributed by atoms with Crippen LogP contribution in [0.4, 0.5) is 0 Å². The van der Waals surface area contributed by atoms with Crippen LogP contribution in [0.1, 0.15) is 38.7 Å². The average molecular weight is 329 g/mol. The number of benzene rings is 1. The van der Waals surface area contributed by atoms with Gasteiger partial charge >= 0.3 is 0 Å². The Morgan fingerprint density at radius 1 is 1.13 bits per heavy atom. The third kappa shape index (κ3) is 5.30. The van der Waals surface area contributed by atoms with Crippen molar-refractivity contribution in [3.8, 4) is 12.3 Å². The van der Waals surface area contributed by atoms with Gasteiger partial charge in [0.2, 0.25) is 0 Å². The molecule has 3 nitrogen and oxygen atoms in total. The summed E-state index contributed by atoms with van der Waals surface area (Å²) in [7, 11) is -1.65. The predicted molar refractivity (Wildman–Crippen MR) is 97.9 cm³/mol. The van der Waals surface area contributed by atoms with Crippen molar-refractivity contribution in [1.29, 1.82) is 0 Å². The van der Waals surface area contributed by atoms with E-state index in [1.54, 1.807) is 0 Å². The fraction of sp³-hybridized carbons (Fsp3) is 0.579. The van der Waals surface area contributed by atoms with Crippen LogP contribution in [0.15, 0.2) is 40.6 Å². The first kappa shape index (κ1) is 17.9. The summed E-state index contributed by atoms with van der Waals surface area (Å²) in [5.41, 5.74) is 1.19. The molecule has 0 saturated heterocycles. The lowest BCUT2D eigenvalue weighted by atomic mass is 10.1. The smallest absolute Gasteiger partial charge is 0.194 e. The van der Waals surface area contributed by atoms with Crippen LogP contribution in [0, 0.1) is 12.3 Å². The molecule has 1 aromatic rings. The predicted octanol–water partition coefficient (Wildman–Crippen LogP) is 5.20. The molecule has 4 heteroatoms. The molecule has 0 aliphatic carbocycles. The van der Waals surface area contributed by atoms with Crippen molar-refractivity contribution in [2.24, 2.45) is 10.2 Å². The van der Waals surface area contributed by atoms with E-state index in [1.807, 2.05) is 0 Å². The minimum atomic E-state index is -1.65. The van der Waals surface area contributed by atoms with Crippen molar-refractivity contribution in [1.82, 2.24) is 0 Å². The van der Waals surface area contributed by atoms with Gasteiger partial charge in [-0.25, -0.2) is 0 Å². The van der Waals surface area contributed by atoms with E-state index >= 15 is 0 Å². The first-order chi connectivity index (χ1) is 11.2. The largest absolute Gasteiger partial charge is 0.417 e. The van der Waals surface area contributed by atoms with Crippen molar-refractivity contribution < 1.29 is 4.43 Å². The average Bonchev–Trinajstić information content (AvgIpc) is 3.37. The molecule has 0 saturated carbocycles. The minimum absolute atomic E-state index is 0.215. The number of terminal acetylenes is 1. The Bertz CT molecular complexity index is 540. The number of rotatable bonds is 11. The maximum atomic E-state index is 6.47. The Labute approximate surface area is 141 Å². The number of nitrogens with zero attached hydrogens (tertiary/aromatic N) is 2. The van der Waals surface area contributed by atoms with Crippen LogP contribution in [0.2, 0.25) is 18.1 Å². The molecular weight excluding hydrogens is 300 g/mol. The highest BCUT2D eigenvalue weighted by Crippen LogP contribution is 2.37. The Morgan fingerprint density at radius 2 is 1.83 bits per heavy atom. The Morgan fingerprint density at radius 3 is 2.39 bits per heavy atom. The highest BCUT2D eigenvalue weighted by Gasteiger charge is 2.40. The second-order valence-electron chi connectivity index (χ2n) is 6.36. The maximum Gasteiger partial charge on any atom is 0.194 e. The Hall–Kier alpha value is -1.44. The third-order valence-corrected chi connectivity index (χ3v) is 9.52. The summed E-state index contributed by atoms with van der Waals surface area (Å²) in [5, 5.41) is 8.40. The molecule has 1 heterocycles. The molecule has 0 fully saturated rings. The summed E-state index contributed by atoms with van der Waals surface area (Å²) in [5.74, 6) is 2.68. The van der Waals surface area contributed by atoms with E-state index in [4.69, 9.17) is 10.8 Å². The topological polar surface area (TPSA) is 34.0 Å². The van der Waals surface area contributed by atoms with Gasteiger partial charge in [-0.1, -0.05) is 44.2 Å². The van der Waals surface area contributed by atoms with Gasteiger partial charge in [0.15, 0.2) is 14.0 Å².